The summed E-state index contributed by atoms with van der Waals surface area (Å²) in [4.78, 5) is 33.5. The maximum atomic E-state index is 14.1. The van der Waals surface area contributed by atoms with Gasteiger partial charge in [-0.15, -0.1) is 0 Å². The molecule has 6 aromatic rings. The molecule has 60 heavy (non-hydrogen) atoms. The predicted molar refractivity (Wildman–Crippen MR) is 227 cm³/mol. The second-order valence-electron chi connectivity index (χ2n) is 14.8. The summed E-state index contributed by atoms with van der Waals surface area (Å²) in [5, 5.41) is 6.53. The molecule has 8 rings (SSSR count). The average molecular weight is 850 g/mol. The number of nitrogens with one attached hydrogen (secondary N) is 2. The molecule has 0 saturated carbocycles. The van der Waals surface area contributed by atoms with Crippen LogP contribution < -0.4 is 24.8 Å². The topological polar surface area (TPSA) is 102 Å². The third-order valence-corrected chi connectivity index (χ3v) is 11.5. The molecule has 2 aliphatic rings. The van der Waals surface area contributed by atoms with Gasteiger partial charge in [0.15, 0.2) is 17.6 Å². The van der Waals surface area contributed by atoms with Crippen molar-refractivity contribution in [2.45, 2.75) is 52.0 Å². The summed E-state index contributed by atoms with van der Waals surface area (Å²) < 4.78 is 46.7. The van der Waals surface area contributed by atoms with Gasteiger partial charge in [0, 0.05) is 43.2 Å². The Morgan fingerprint density at radius 3 is 2.33 bits per heavy atom. The molecule has 13 heteroatoms. The van der Waals surface area contributed by atoms with E-state index in [1.165, 1.54) is 4.90 Å². The number of pyridine rings is 1. The number of nitrogens with zero attached hydrogens (tertiary/aromatic N) is 2. The van der Waals surface area contributed by atoms with Crippen molar-refractivity contribution in [1.29, 1.82) is 0 Å². The summed E-state index contributed by atoms with van der Waals surface area (Å²) in [5.41, 5.74) is 8.58. The fourth-order valence-electron chi connectivity index (χ4n) is 7.41. The minimum Gasteiger partial charge on any atom is -0.489 e. The van der Waals surface area contributed by atoms with Crippen LogP contribution in [0.15, 0.2) is 109 Å². The molecule has 1 aromatic heterocycles. The van der Waals surface area contributed by atoms with Crippen LogP contribution in [0, 0.1) is 25.5 Å². The lowest BCUT2D eigenvalue weighted by atomic mass is 9.92. The molecule has 0 fully saturated rings. The maximum absolute atomic E-state index is 14.1. The Bertz CT molecular complexity index is 2550. The quantitative estimate of drug-likeness (QED) is 0.142. The van der Waals surface area contributed by atoms with Gasteiger partial charge in [-0.25, -0.2) is 13.6 Å². The van der Waals surface area contributed by atoms with Crippen molar-refractivity contribution in [3.05, 3.63) is 170 Å². The molecule has 3 amide bonds. The lowest BCUT2D eigenvalue weighted by Crippen LogP contribution is -2.54. The Labute approximate surface area is 356 Å². The molecular formula is C47H40Cl2F2N4O5. The molecule has 2 N–H and O–H groups in total. The highest BCUT2D eigenvalue weighted by Crippen LogP contribution is 2.41. The normalized spacial score (nSPS) is 15.5. The van der Waals surface area contributed by atoms with Crippen LogP contribution >= 0.6 is 23.2 Å². The summed E-state index contributed by atoms with van der Waals surface area (Å²) >= 11 is 12.2. The molecule has 3 heterocycles. The van der Waals surface area contributed by atoms with E-state index in [0.717, 1.165) is 68.4 Å². The number of fused-ring (bicyclic) bond motifs is 2. The van der Waals surface area contributed by atoms with Crippen LogP contribution in [0.3, 0.4) is 0 Å². The summed E-state index contributed by atoms with van der Waals surface area (Å²) in [6, 6.07) is 27.9. The molecule has 2 unspecified atom stereocenters. The highest BCUT2D eigenvalue weighted by atomic mass is 35.5. The first kappa shape index (κ1) is 40.6. The SMILES string of the molecule is Cc1nccc(-c2ccc(CCNC(=O)C3Cc4cc5c(cc4CN3C(=O)Nc3cc(F)cc(F)c3)OC(c3ccc(OCc4ccc(Cl)c(Cl)c4)cc3)CO5)cc2)c1C. The van der Waals surface area contributed by atoms with E-state index in [0.29, 0.717) is 46.9 Å². The molecule has 306 valence electrons. The van der Waals surface area contributed by atoms with Crippen LogP contribution in [0.5, 0.6) is 17.2 Å². The van der Waals surface area contributed by atoms with Gasteiger partial charge in [-0.05, 0) is 119 Å². The van der Waals surface area contributed by atoms with Crippen molar-refractivity contribution in [3.63, 3.8) is 0 Å². The molecule has 0 radical (unpaired) electrons. The van der Waals surface area contributed by atoms with Crippen molar-refractivity contribution in [1.82, 2.24) is 15.2 Å². The first-order valence-corrected chi connectivity index (χ1v) is 20.2. The number of hydrogen-bond acceptors (Lipinski definition) is 6. The van der Waals surface area contributed by atoms with Crippen molar-refractivity contribution >= 4 is 40.8 Å². The lowest BCUT2D eigenvalue weighted by Gasteiger charge is -2.37. The Morgan fingerprint density at radius 2 is 1.58 bits per heavy atom. The minimum atomic E-state index is -0.927. The molecule has 0 bridgehead atoms. The first-order valence-electron chi connectivity index (χ1n) is 19.4. The number of urea groups is 1. The van der Waals surface area contributed by atoms with Gasteiger partial charge in [0.05, 0.1) is 10.0 Å². The molecule has 9 nitrogen and oxygen atoms in total. The Balaban J connectivity index is 0.954. The highest BCUT2D eigenvalue weighted by molar-refractivity contribution is 6.42. The summed E-state index contributed by atoms with van der Waals surface area (Å²) in [5.74, 6) is -0.368. The summed E-state index contributed by atoms with van der Waals surface area (Å²) in [6.07, 6.45) is 2.11. The van der Waals surface area contributed by atoms with Gasteiger partial charge in [0.1, 0.15) is 36.6 Å². The number of carbonyl (C=O) groups excluding carboxylic acids is 2. The van der Waals surface area contributed by atoms with Gasteiger partial charge < -0.3 is 29.7 Å². The summed E-state index contributed by atoms with van der Waals surface area (Å²) in [6.45, 7) is 4.96. The van der Waals surface area contributed by atoms with Crippen molar-refractivity contribution in [2.24, 2.45) is 0 Å². The Hall–Kier alpha value is -6.17. The summed E-state index contributed by atoms with van der Waals surface area (Å²) in [7, 11) is 0. The molecule has 0 saturated heterocycles. The Kier molecular flexibility index (Phi) is 11.9. The van der Waals surface area contributed by atoms with E-state index in [4.69, 9.17) is 37.4 Å². The van der Waals surface area contributed by atoms with Gasteiger partial charge in [0.2, 0.25) is 5.91 Å². The van der Waals surface area contributed by atoms with Crippen molar-refractivity contribution in [2.75, 3.05) is 18.5 Å². The van der Waals surface area contributed by atoms with Crippen LogP contribution in [0.25, 0.3) is 11.1 Å². The fraction of sp³-hybridized carbons (Fsp3) is 0.213. The molecule has 5 aromatic carbocycles. The first-order chi connectivity index (χ1) is 29.0. The number of halogens is 4. The average Bonchev–Trinajstić information content (AvgIpc) is 3.23. The fourth-order valence-corrected chi connectivity index (χ4v) is 7.73. The van der Waals surface area contributed by atoms with Gasteiger partial charge in [-0.3, -0.25) is 9.78 Å². The number of benzene rings is 5. The number of anilines is 1. The van der Waals surface area contributed by atoms with Gasteiger partial charge in [-0.2, -0.15) is 0 Å². The maximum Gasteiger partial charge on any atom is 0.322 e. The number of rotatable bonds is 10. The number of carbonyl (C=O) groups is 2. The van der Waals surface area contributed by atoms with Gasteiger partial charge in [-0.1, -0.05) is 65.7 Å². The third kappa shape index (κ3) is 9.17. The van der Waals surface area contributed by atoms with Gasteiger partial charge in [0.25, 0.3) is 0 Å². The zero-order valence-electron chi connectivity index (χ0n) is 32.7. The minimum absolute atomic E-state index is 0.0264. The largest absolute Gasteiger partial charge is 0.489 e. The highest BCUT2D eigenvalue weighted by Gasteiger charge is 2.36. The molecule has 2 aliphatic heterocycles. The van der Waals surface area contributed by atoms with Crippen molar-refractivity contribution < 1.29 is 32.6 Å². The van der Waals surface area contributed by atoms with E-state index < -0.39 is 29.8 Å². The van der Waals surface area contributed by atoms with Crippen LogP contribution in [-0.2, 0) is 30.8 Å². The van der Waals surface area contributed by atoms with E-state index >= 15 is 0 Å². The zero-order chi connectivity index (χ0) is 41.9. The third-order valence-electron chi connectivity index (χ3n) is 10.8. The lowest BCUT2D eigenvalue weighted by molar-refractivity contribution is -0.125. The predicted octanol–water partition coefficient (Wildman–Crippen LogP) is 10.4. The van der Waals surface area contributed by atoms with E-state index in [9.17, 15) is 18.4 Å². The second kappa shape index (κ2) is 17.6. The number of amides is 3. The van der Waals surface area contributed by atoms with Crippen molar-refractivity contribution in [3.8, 4) is 28.4 Å². The van der Waals surface area contributed by atoms with E-state index in [2.05, 4.69) is 34.7 Å². The number of aromatic nitrogens is 1. The van der Waals surface area contributed by atoms with E-state index in [1.807, 2.05) is 67.6 Å². The molecular weight excluding hydrogens is 809 g/mol. The van der Waals surface area contributed by atoms with Crippen LogP contribution in [0.4, 0.5) is 19.3 Å². The standard InChI is InChI=1S/C47H40Cl2F2N4O5/c1-27-28(2)52-16-14-39(27)31-6-3-29(4-7-31)13-15-53-46(56)42-18-33-19-43-44(20-34(33)24-55(42)47(57)54-37-22-35(50)21-36(51)23-37)60-45(26-59-43)32-8-10-38(11-9-32)58-25-30-5-12-40(48)41(49)17-30/h3-12,14,16-17,19-23,42,45H,13,15,18,24-26H2,1-2H3,(H,53,56)(H,54,57). The number of aryl methyl sites for hydroxylation is 1. The number of ether oxygens (including phenoxy) is 3. The van der Waals surface area contributed by atoms with Crippen LogP contribution in [0.2, 0.25) is 10.0 Å². The second-order valence-corrected chi connectivity index (χ2v) is 15.6. The van der Waals surface area contributed by atoms with Gasteiger partial charge >= 0.3 is 6.03 Å². The van der Waals surface area contributed by atoms with Crippen LogP contribution in [0.1, 0.15) is 45.2 Å². The molecule has 0 aliphatic carbocycles. The zero-order valence-corrected chi connectivity index (χ0v) is 34.2. The smallest absolute Gasteiger partial charge is 0.322 e. The monoisotopic (exact) mass is 848 g/mol. The van der Waals surface area contributed by atoms with Crippen LogP contribution in [-0.4, -0.2) is 41.0 Å². The van der Waals surface area contributed by atoms with E-state index in [-0.39, 0.29) is 31.2 Å². The van der Waals surface area contributed by atoms with E-state index in [1.54, 1.807) is 18.3 Å². The molecule has 2 atom stereocenters. The Morgan fingerprint density at radius 1 is 0.850 bits per heavy atom. The molecule has 0 spiro atoms. The number of hydrogen-bond donors (Lipinski definition) is 2.